The van der Waals surface area contributed by atoms with Gasteiger partial charge >= 0.3 is 5.97 Å². The summed E-state index contributed by atoms with van der Waals surface area (Å²) in [6.45, 7) is 4.37. The van der Waals surface area contributed by atoms with Crippen LogP contribution in [0.25, 0.3) is 0 Å². The first-order valence-electron chi connectivity index (χ1n) is 5.89. The van der Waals surface area contributed by atoms with Crippen molar-refractivity contribution >= 4 is 5.97 Å². The largest absolute Gasteiger partial charge is 0.461 e. The van der Waals surface area contributed by atoms with E-state index in [4.69, 9.17) is 11.2 Å². The molecule has 0 heterocycles. The number of ether oxygens (including phenoxy) is 1. The average Bonchev–Trinajstić information content (AvgIpc) is 2.22. The Hall–Kier alpha value is -1.23. The summed E-state index contributed by atoms with van der Waals surface area (Å²) in [7, 11) is 0. The SMILES string of the molecule is C#CCCCCCCC(=O)OCC=C(C)C. The fourth-order valence-corrected chi connectivity index (χ4v) is 1.22. The Morgan fingerprint density at radius 2 is 1.94 bits per heavy atom. The highest BCUT2D eigenvalue weighted by molar-refractivity contribution is 5.69. The lowest BCUT2D eigenvalue weighted by Gasteiger charge is -2.02. The third-order valence-corrected chi connectivity index (χ3v) is 2.19. The summed E-state index contributed by atoms with van der Waals surface area (Å²) in [6.07, 6.45) is 12.5. The van der Waals surface area contributed by atoms with Crippen LogP contribution in [0.5, 0.6) is 0 Å². The number of carbonyl (C=O) groups excluding carboxylic acids is 1. The molecule has 0 aromatic heterocycles. The van der Waals surface area contributed by atoms with Crippen LogP contribution in [0.4, 0.5) is 0 Å². The molecular formula is C14H22O2. The number of esters is 1. The Balaban J connectivity index is 3.31. The van der Waals surface area contributed by atoms with Crippen molar-refractivity contribution in [2.75, 3.05) is 6.61 Å². The van der Waals surface area contributed by atoms with Gasteiger partial charge in [0.15, 0.2) is 0 Å². The molecule has 2 heteroatoms. The highest BCUT2D eigenvalue weighted by atomic mass is 16.5. The minimum absolute atomic E-state index is 0.102. The van der Waals surface area contributed by atoms with E-state index in [2.05, 4.69) is 5.92 Å². The van der Waals surface area contributed by atoms with Crippen LogP contribution < -0.4 is 0 Å². The lowest BCUT2D eigenvalue weighted by molar-refractivity contribution is -0.142. The maximum atomic E-state index is 11.2. The number of hydrogen-bond donors (Lipinski definition) is 0. The Morgan fingerprint density at radius 3 is 2.56 bits per heavy atom. The summed E-state index contributed by atoms with van der Waals surface area (Å²) in [4.78, 5) is 11.2. The molecule has 0 saturated carbocycles. The van der Waals surface area contributed by atoms with Gasteiger partial charge in [-0.2, -0.15) is 0 Å². The molecule has 0 aliphatic carbocycles. The van der Waals surface area contributed by atoms with Gasteiger partial charge in [-0.05, 0) is 32.8 Å². The molecule has 0 aliphatic rings. The number of allylic oxidation sites excluding steroid dienone is 1. The van der Waals surface area contributed by atoms with Gasteiger partial charge in [0.1, 0.15) is 6.61 Å². The predicted molar refractivity (Wildman–Crippen MR) is 66.9 cm³/mol. The first kappa shape index (κ1) is 14.8. The number of unbranched alkanes of at least 4 members (excludes halogenated alkanes) is 4. The van der Waals surface area contributed by atoms with E-state index in [-0.39, 0.29) is 5.97 Å². The van der Waals surface area contributed by atoms with Crippen molar-refractivity contribution in [1.29, 1.82) is 0 Å². The molecule has 0 N–H and O–H groups in total. The molecule has 0 rings (SSSR count). The Morgan fingerprint density at radius 1 is 1.25 bits per heavy atom. The van der Waals surface area contributed by atoms with E-state index in [0.717, 1.165) is 32.1 Å². The Labute approximate surface area is 99.1 Å². The summed E-state index contributed by atoms with van der Waals surface area (Å²) in [5, 5.41) is 0. The second-order valence-electron chi connectivity index (χ2n) is 4.08. The molecule has 90 valence electrons. The molecule has 16 heavy (non-hydrogen) atoms. The van der Waals surface area contributed by atoms with E-state index in [0.29, 0.717) is 13.0 Å². The summed E-state index contributed by atoms with van der Waals surface area (Å²) in [5.41, 5.74) is 1.17. The molecule has 0 radical (unpaired) electrons. The van der Waals surface area contributed by atoms with Crippen molar-refractivity contribution in [1.82, 2.24) is 0 Å². The van der Waals surface area contributed by atoms with Gasteiger partial charge < -0.3 is 4.74 Å². The molecule has 0 aromatic carbocycles. The molecule has 0 bridgehead atoms. The maximum Gasteiger partial charge on any atom is 0.306 e. The van der Waals surface area contributed by atoms with Gasteiger partial charge in [-0.1, -0.05) is 18.4 Å². The minimum Gasteiger partial charge on any atom is -0.461 e. The number of terminal acetylenes is 1. The van der Waals surface area contributed by atoms with E-state index in [1.54, 1.807) is 0 Å². The molecule has 2 nitrogen and oxygen atoms in total. The zero-order chi connectivity index (χ0) is 12.2. The first-order valence-corrected chi connectivity index (χ1v) is 5.89. The van der Waals surface area contributed by atoms with Crippen molar-refractivity contribution in [3.8, 4) is 12.3 Å². The Kier molecular flexibility index (Phi) is 9.50. The van der Waals surface area contributed by atoms with Crippen molar-refractivity contribution in [2.45, 2.75) is 52.4 Å². The van der Waals surface area contributed by atoms with Gasteiger partial charge in [0, 0.05) is 12.8 Å². The van der Waals surface area contributed by atoms with Gasteiger partial charge in [0.25, 0.3) is 0 Å². The van der Waals surface area contributed by atoms with Gasteiger partial charge in [-0.15, -0.1) is 12.3 Å². The lowest BCUT2D eigenvalue weighted by atomic mass is 10.1. The fourth-order valence-electron chi connectivity index (χ4n) is 1.22. The van der Waals surface area contributed by atoms with E-state index < -0.39 is 0 Å². The van der Waals surface area contributed by atoms with Gasteiger partial charge in [0.2, 0.25) is 0 Å². The van der Waals surface area contributed by atoms with E-state index in [9.17, 15) is 4.79 Å². The van der Waals surface area contributed by atoms with Crippen molar-refractivity contribution in [2.24, 2.45) is 0 Å². The van der Waals surface area contributed by atoms with E-state index in [1.165, 1.54) is 5.57 Å². The van der Waals surface area contributed by atoms with Crippen LogP contribution in [0.2, 0.25) is 0 Å². The minimum atomic E-state index is -0.102. The standard InChI is InChI=1S/C14H22O2/c1-4-5-6-7-8-9-10-14(15)16-12-11-13(2)3/h1,11H,5-10,12H2,2-3H3. The van der Waals surface area contributed by atoms with Crippen LogP contribution in [-0.4, -0.2) is 12.6 Å². The van der Waals surface area contributed by atoms with Gasteiger partial charge in [0.05, 0.1) is 0 Å². The summed E-state index contributed by atoms with van der Waals surface area (Å²) in [6, 6.07) is 0. The van der Waals surface area contributed by atoms with Crippen LogP contribution in [0.15, 0.2) is 11.6 Å². The molecule has 0 spiro atoms. The Bertz CT molecular complexity index is 254. The van der Waals surface area contributed by atoms with Crippen LogP contribution in [0.3, 0.4) is 0 Å². The molecule has 0 aliphatic heterocycles. The molecule has 0 fully saturated rings. The van der Waals surface area contributed by atoms with Crippen molar-refractivity contribution in [3.05, 3.63) is 11.6 Å². The van der Waals surface area contributed by atoms with E-state index >= 15 is 0 Å². The highest BCUT2D eigenvalue weighted by Gasteiger charge is 2.00. The van der Waals surface area contributed by atoms with Gasteiger partial charge in [-0.3, -0.25) is 4.79 Å². The topological polar surface area (TPSA) is 26.3 Å². The lowest BCUT2D eigenvalue weighted by Crippen LogP contribution is -2.04. The second-order valence-corrected chi connectivity index (χ2v) is 4.08. The fraction of sp³-hybridized carbons (Fsp3) is 0.643. The predicted octanol–water partition coefficient (Wildman–Crippen LogP) is 3.47. The number of hydrogen-bond acceptors (Lipinski definition) is 2. The van der Waals surface area contributed by atoms with E-state index in [1.807, 2.05) is 19.9 Å². The highest BCUT2D eigenvalue weighted by Crippen LogP contribution is 2.05. The molecule has 0 aromatic rings. The molecule has 0 amide bonds. The van der Waals surface area contributed by atoms with Crippen molar-refractivity contribution < 1.29 is 9.53 Å². The van der Waals surface area contributed by atoms with Crippen LogP contribution >= 0.6 is 0 Å². The van der Waals surface area contributed by atoms with Crippen LogP contribution in [0.1, 0.15) is 52.4 Å². The quantitative estimate of drug-likeness (QED) is 0.272. The number of rotatable bonds is 8. The summed E-state index contributed by atoms with van der Waals surface area (Å²) in [5.74, 6) is 2.51. The van der Waals surface area contributed by atoms with Gasteiger partial charge in [-0.25, -0.2) is 0 Å². The van der Waals surface area contributed by atoms with Crippen LogP contribution in [0, 0.1) is 12.3 Å². The first-order chi connectivity index (χ1) is 7.66. The molecular weight excluding hydrogens is 200 g/mol. The molecule has 0 atom stereocenters. The molecule has 0 unspecified atom stereocenters. The zero-order valence-corrected chi connectivity index (χ0v) is 10.4. The smallest absolute Gasteiger partial charge is 0.306 e. The summed E-state index contributed by atoms with van der Waals surface area (Å²) < 4.78 is 5.03. The normalized spacial score (nSPS) is 9.31. The zero-order valence-electron chi connectivity index (χ0n) is 10.4. The maximum absolute atomic E-state index is 11.2. The summed E-state index contributed by atoms with van der Waals surface area (Å²) >= 11 is 0. The second kappa shape index (κ2) is 10.3. The average molecular weight is 222 g/mol. The van der Waals surface area contributed by atoms with Crippen molar-refractivity contribution in [3.63, 3.8) is 0 Å². The van der Waals surface area contributed by atoms with Crippen LogP contribution in [-0.2, 0) is 9.53 Å². The monoisotopic (exact) mass is 222 g/mol. The third-order valence-electron chi connectivity index (χ3n) is 2.19. The molecule has 0 saturated heterocycles. The number of carbonyl (C=O) groups is 1. The third kappa shape index (κ3) is 10.8.